The van der Waals surface area contributed by atoms with E-state index in [0.29, 0.717) is 18.1 Å². The lowest BCUT2D eigenvalue weighted by Crippen LogP contribution is -2.00. The van der Waals surface area contributed by atoms with Gasteiger partial charge in [-0.2, -0.15) is 0 Å². The minimum absolute atomic E-state index is 0.223. The van der Waals surface area contributed by atoms with E-state index < -0.39 is 0 Å². The van der Waals surface area contributed by atoms with Gasteiger partial charge in [0.15, 0.2) is 0 Å². The Morgan fingerprint density at radius 2 is 2.09 bits per heavy atom. The minimum atomic E-state index is 0.223. The second-order valence-electron chi connectivity index (χ2n) is 4.92. The van der Waals surface area contributed by atoms with Gasteiger partial charge in [-0.15, -0.1) is 6.42 Å². The number of hydrogen-bond acceptors (Lipinski definition) is 5. The van der Waals surface area contributed by atoms with Gasteiger partial charge < -0.3 is 15.8 Å². The highest BCUT2D eigenvalue weighted by atomic mass is 16.5. The third kappa shape index (κ3) is 3.39. The molecule has 1 heterocycles. The van der Waals surface area contributed by atoms with Gasteiger partial charge in [0, 0.05) is 17.6 Å². The summed E-state index contributed by atoms with van der Waals surface area (Å²) < 4.78 is 5.47. The second-order valence-corrected chi connectivity index (χ2v) is 4.92. The van der Waals surface area contributed by atoms with E-state index in [1.54, 1.807) is 0 Å². The highest BCUT2D eigenvalue weighted by molar-refractivity contribution is 5.91. The number of rotatable bonds is 5. The quantitative estimate of drug-likeness (QED) is 0.709. The van der Waals surface area contributed by atoms with Crippen molar-refractivity contribution in [1.29, 1.82) is 0 Å². The van der Waals surface area contributed by atoms with Crippen molar-refractivity contribution in [2.45, 2.75) is 6.54 Å². The van der Waals surface area contributed by atoms with Crippen LogP contribution in [-0.2, 0) is 6.54 Å². The molecule has 0 saturated heterocycles. The van der Waals surface area contributed by atoms with Gasteiger partial charge in [-0.3, -0.25) is 0 Å². The molecule has 1 aromatic heterocycles. The van der Waals surface area contributed by atoms with E-state index in [4.69, 9.17) is 16.9 Å². The van der Waals surface area contributed by atoms with Gasteiger partial charge in [-0.25, -0.2) is 9.97 Å². The Kier molecular flexibility index (Phi) is 4.37. The summed E-state index contributed by atoms with van der Waals surface area (Å²) in [5.74, 6) is 3.84. The molecule has 3 N–H and O–H groups in total. The smallest absolute Gasteiger partial charge is 0.148 e. The van der Waals surface area contributed by atoms with Crippen LogP contribution in [0.2, 0.25) is 0 Å². The number of nitrogens with one attached hydrogen (secondary N) is 1. The van der Waals surface area contributed by atoms with Crippen LogP contribution in [0, 0.1) is 12.3 Å². The molecule has 5 heteroatoms. The minimum Gasteiger partial charge on any atom is -0.481 e. The molecule has 0 saturated carbocycles. The fourth-order valence-electron chi connectivity index (χ4n) is 2.26. The molecule has 0 spiro atoms. The summed E-state index contributed by atoms with van der Waals surface area (Å²) in [7, 11) is 0. The fraction of sp³-hybridized carbons (Fsp3) is 0.111. The monoisotopic (exact) mass is 304 g/mol. The second kappa shape index (κ2) is 6.77. The van der Waals surface area contributed by atoms with Crippen molar-refractivity contribution in [3.8, 4) is 18.1 Å². The van der Waals surface area contributed by atoms with Crippen molar-refractivity contribution in [1.82, 2.24) is 9.97 Å². The van der Waals surface area contributed by atoms with Crippen molar-refractivity contribution < 1.29 is 4.74 Å². The first-order chi connectivity index (χ1) is 11.3. The van der Waals surface area contributed by atoms with Crippen molar-refractivity contribution >= 4 is 22.4 Å². The Balaban J connectivity index is 1.97. The zero-order chi connectivity index (χ0) is 16.1. The predicted molar refractivity (Wildman–Crippen MR) is 91.5 cm³/mol. The summed E-state index contributed by atoms with van der Waals surface area (Å²) in [6.07, 6.45) is 6.75. The first kappa shape index (κ1) is 14.8. The average molecular weight is 304 g/mol. The molecule has 0 aliphatic heterocycles. The summed E-state index contributed by atoms with van der Waals surface area (Å²) in [6.45, 7) is 0.713. The highest BCUT2D eigenvalue weighted by Crippen LogP contribution is 2.27. The highest BCUT2D eigenvalue weighted by Gasteiger charge is 2.06. The van der Waals surface area contributed by atoms with Gasteiger partial charge in [0.2, 0.25) is 0 Å². The number of terminal acetylenes is 1. The number of fused-ring (bicyclic) bond motifs is 1. The number of hydrogen-bond donors (Lipinski definition) is 2. The van der Waals surface area contributed by atoms with E-state index in [1.165, 1.54) is 6.33 Å². The average Bonchev–Trinajstić information content (AvgIpc) is 2.60. The Morgan fingerprint density at radius 3 is 2.91 bits per heavy atom. The van der Waals surface area contributed by atoms with E-state index >= 15 is 0 Å². The van der Waals surface area contributed by atoms with E-state index in [0.717, 1.165) is 22.2 Å². The molecule has 3 rings (SSSR count). The number of aromatic nitrogens is 2. The molecule has 0 aliphatic rings. The first-order valence-electron chi connectivity index (χ1n) is 7.17. The van der Waals surface area contributed by atoms with Gasteiger partial charge in [0.05, 0.1) is 5.52 Å². The summed E-state index contributed by atoms with van der Waals surface area (Å²) in [4.78, 5) is 8.60. The Labute approximate surface area is 134 Å². The molecular weight excluding hydrogens is 288 g/mol. The zero-order valence-electron chi connectivity index (χ0n) is 12.5. The van der Waals surface area contributed by atoms with Crippen LogP contribution >= 0.6 is 0 Å². The van der Waals surface area contributed by atoms with Crippen molar-refractivity contribution in [2.75, 3.05) is 11.9 Å². The third-order valence-electron chi connectivity index (χ3n) is 3.35. The summed E-state index contributed by atoms with van der Waals surface area (Å²) in [5, 5.41) is 4.16. The molecule has 2 aromatic carbocycles. The number of benzene rings is 2. The maximum atomic E-state index is 5.68. The van der Waals surface area contributed by atoms with Crippen LogP contribution in [0.25, 0.3) is 10.9 Å². The van der Waals surface area contributed by atoms with Crippen LogP contribution in [0.5, 0.6) is 5.75 Å². The molecule has 114 valence electrons. The normalized spacial score (nSPS) is 10.3. The summed E-state index contributed by atoms with van der Waals surface area (Å²) in [6, 6.07) is 13.5. The molecule has 0 atom stereocenters. The Morgan fingerprint density at radius 1 is 1.17 bits per heavy atom. The Hall–Kier alpha value is -3.10. The molecule has 0 radical (unpaired) electrons. The zero-order valence-corrected chi connectivity index (χ0v) is 12.5. The molecule has 0 aliphatic carbocycles. The predicted octanol–water partition coefficient (Wildman–Crippen LogP) is 2.84. The largest absolute Gasteiger partial charge is 0.481 e. The molecule has 0 unspecified atom stereocenters. The van der Waals surface area contributed by atoms with Gasteiger partial charge >= 0.3 is 0 Å². The van der Waals surface area contributed by atoms with Crippen LogP contribution in [0.4, 0.5) is 11.5 Å². The first-order valence-corrected chi connectivity index (χ1v) is 7.17. The number of nitrogens with zero attached hydrogens (tertiary/aromatic N) is 2. The van der Waals surface area contributed by atoms with E-state index in [2.05, 4.69) is 21.2 Å². The topological polar surface area (TPSA) is 73.1 Å². The summed E-state index contributed by atoms with van der Waals surface area (Å²) in [5.41, 5.74) is 8.47. The molecular formula is C18H16N4O. The van der Waals surface area contributed by atoms with Crippen molar-refractivity contribution in [2.24, 2.45) is 5.73 Å². The van der Waals surface area contributed by atoms with Crippen LogP contribution in [0.1, 0.15) is 5.56 Å². The Bertz CT molecular complexity index is 870. The number of ether oxygens (including phenoxy) is 1. The third-order valence-corrected chi connectivity index (χ3v) is 3.35. The maximum Gasteiger partial charge on any atom is 0.148 e. The molecule has 23 heavy (non-hydrogen) atoms. The number of nitrogens with two attached hydrogens (primary N) is 1. The van der Waals surface area contributed by atoms with Gasteiger partial charge in [-0.1, -0.05) is 18.1 Å². The van der Waals surface area contributed by atoms with Gasteiger partial charge in [-0.05, 0) is 35.9 Å². The van der Waals surface area contributed by atoms with Crippen LogP contribution in [-0.4, -0.2) is 16.6 Å². The van der Waals surface area contributed by atoms with Crippen molar-refractivity contribution in [3.63, 3.8) is 0 Å². The molecule has 5 nitrogen and oxygen atoms in total. The maximum absolute atomic E-state index is 5.68. The molecule has 0 amide bonds. The fourth-order valence-corrected chi connectivity index (χ4v) is 2.26. The van der Waals surface area contributed by atoms with Crippen molar-refractivity contribution in [3.05, 3.63) is 54.4 Å². The number of anilines is 2. The standard InChI is InChI=1S/C18H16N4O/c1-2-8-23-15-6-7-17-16(10-15)18(21-12-20-17)22-14-5-3-4-13(9-14)11-19/h1,3-7,9-10,12H,8,11,19H2,(H,20,21,22). The molecule has 0 bridgehead atoms. The lowest BCUT2D eigenvalue weighted by molar-refractivity contribution is 0.371. The molecule has 0 fully saturated rings. The lowest BCUT2D eigenvalue weighted by Gasteiger charge is -2.10. The lowest BCUT2D eigenvalue weighted by atomic mass is 10.2. The van der Waals surface area contributed by atoms with E-state index in [9.17, 15) is 0 Å². The van der Waals surface area contributed by atoms with E-state index in [-0.39, 0.29) is 6.61 Å². The SMILES string of the molecule is C#CCOc1ccc2ncnc(Nc3cccc(CN)c3)c2c1. The van der Waals surface area contributed by atoms with E-state index in [1.807, 2.05) is 42.5 Å². The van der Waals surface area contributed by atoms with Gasteiger partial charge in [0.25, 0.3) is 0 Å². The van der Waals surface area contributed by atoms with Crippen LogP contribution in [0.3, 0.4) is 0 Å². The van der Waals surface area contributed by atoms with Crippen LogP contribution < -0.4 is 15.8 Å². The van der Waals surface area contributed by atoms with Crippen LogP contribution in [0.15, 0.2) is 48.8 Å². The van der Waals surface area contributed by atoms with Gasteiger partial charge in [0.1, 0.15) is 24.5 Å². The molecule has 3 aromatic rings. The summed E-state index contributed by atoms with van der Waals surface area (Å²) >= 11 is 0.